The van der Waals surface area contributed by atoms with Crippen molar-refractivity contribution in [1.29, 1.82) is 0 Å². The van der Waals surface area contributed by atoms with Crippen LogP contribution in [-0.4, -0.2) is 60.8 Å². The number of carbonyl (C=O) groups excluding carboxylic acids is 1. The predicted molar refractivity (Wildman–Crippen MR) is 132 cm³/mol. The number of methoxy groups -OCH3 is 1. The average Bonchev–Trinajstić information content (AvgIpc) is 3.58. The standard InChI is InChI=1S/C24H21N7O3S/c1-3-34-23(32)20(12-16-4-8-18(9-5-16)30-15-25-14-26-30)21-13-35-24-28-27-22(31(24)29-21)17-6-10-19(33-2)11-7-17/h4-12,14-15H,3,13H2,1-2H3/b20-12-. The molecule has 0 bridgehead atoms. The van der Waals surface area contributed by atoms with E-state index in [4.69, 9.17) is 14.6 Å². The molecular formula is C24H21N7O3S. The van der Waals surface area contributed by atoms with Crippen molar-refractivity contribution < 1.29 is 14.3 Å². The van der Waals surface area contributed by atoms with Gasteiger partial charge in [0.2, 0.25) is 5.16 Å². The molecule has 0 saturated carbocycles. The Morgan fingerprint density at radius 2 is 1.91 bits per heavy atom. The highest BCUT2D eigenvalue weighted by atomic mass is 32.2. The first kappa shape index (κ1) is 22.5. The molecule has 2 aromatic carbocycles. The molecule has 0 fully saturated rings. The first-order chi connectivity index (χ1) is 17.2. The van der Waals surface area contributed by atoms with Crippen LogP contribution in [-0.2, 0) is 9.53 Å². The van der Waals surface area contributed by atoms with Gasteiger partial charge in [-0.3, -0.25) is 0 Å². The van der Waals surface area contributed by atoms with Gasteiger partial charge in [0.05, 0.1) is 30.7 Å². The van der Waals surface area contributed by atoms with E-state index in [1.807, 2.05) is 48.5 Å². The highest BCUT2D eigenvalue weighted by Gasteiger charge is 2.25. The van der Waals surface area contributed by atoms with E-state index in [1.54, 1.807) is 35.8 Å². The van der Waals surface area contributed by atoms with Crippen LogP contribution < -0.4 is 4.74 Å². The maximum atomic E-state index is 12.9. The smallest absolute Gasteiger partial charge is 0.340 e. The molecule has 3 heterocycles. The first-order valence-corrected chi connectivity index (χ1v) is 11.8. The van der Waals surface area contributed by atoms with Gasteiger partial charge in [0, 0.05) is 11.3 Å². The summed E-state index contributed by atoms with van der Waals surface area (Å²) in [5, 5.41) is 18.1. The highest BCUT2D eigenvalue weighted by molar-refractivity contribution is 7.99. The molecule has 0 aliphatic carbocycles. The fourth-order valence-electron chi connectivity index (χ4n) is 3.48. The van der Waals surface area contributed by atoms with Gasteiger partial charge in [-0.05, 0) is 55.0 Å². The van der Waals surface area contributed by atoms with Gasteiger partial charge in [0.1, 0.15) is 18.4 Å². The Labute approximate surface area is 205 Å². The van der Waals surface area contributed by atoms with Gasteiger partial charge in [-0.15, -0.1) is 10.2 Å². The largest absolute Gasteiger partial charge is 0.497 e. The minimum absolute atomic E-state index is 0.261. The monoisotopic (exact) mass is 487 g/mol. The summed E-state index contributed by atoms with van der Waals surface area (Å²) >= 11 is 1.46. The van der Waals surface area contributed by atoms with Gasteiger partial charge in [-0.2, -0.15) is 14.9 Å². The van der Waals surface area contributed by atoms with Crippen LogP contribution in [0.3, 0.4) is 0 Å². The minimum Gasteiger partial charge on any atom is -0.497 e. The maximum absolute atomic E-state index is 12.9. The van der Waals surface area contributed by atoms with Gasteiger partial charge >= 0.3 is 5.97 Å². The lowest BCUT2D eigenvalue weighted by atomic mass is 10.1. The van der Waals surface area contributed by atoms with Crippen LogP contribution in [0.1, 0.15) is 12.5 Å². The number of benzene rings is 2. The van der Waals surface area contributed by atoms with Crippen LogP contribution >= 0.6 is 11.8 Å². The van der Waals surface area contributed by atoms with E-state index in [2.05, 4.69) is 20.3 Å². The van der Waals surface area contributed by atoms with E-state index in [0.717, 1.165) is 22.6 Å². The third kappa shape index (κ3) is 4.71. The third-order valence-electron chi connectivity index (χ3n) is 5.21. The molecule has 5 rings (SSSR count). The normalized spacial score (nSPS) is 13.2. The van der Waals surface area contributed by atoms with Crippen molar-refractivity contribution in [1.82, 2.24) is 29.6 Å². The number of hydrogen-bond acceptors (Lipinski definition) is 9. The number of ether oxygens (including phenoxy) is 2. The van der Waals surface area contributed by atoms with E-state index in [0.29, 0.717) is 28.0 Å². The molecule has 0 saturated heterocycles. The van der Waals surface area contributed by atoms with E-state index in [-0.39, 0.29) is 6.61 Å². The first-order valence-electron chi connectivity index (χ1n) is 10.8. The van der Waals surface area contributed by atoms with Crippen LogP contribution in [0.5, 0.6) is 5.75 Å². The molecule has 0 unspecified atom stereocenters. The lowest BCUT2D eigenvalue weighted by molar-refractivity contribution is -0.137. The predicted octanol–water partition coefficient (Wildman–Crippen LogP) is 3.49. The minimum atomic E-state index is -0.435. The fraction of sp³-hybridized carbons (Fsp3) is 0.167. The molecule has 1 aliphatic heterocycles. The quantitative estimate of drug-likeness (QED) is 0.288. The fourth-order valence-corrected chi connectivity index (χ4v) is 4.31. The molecule has 0 N–H and O–H groups in total. The van der Waals surface area contributed by atoms with Crippen LogP contribution in [0.25, 0.3) is 23.2 Å². The van der Waals surface area contributed by atoms with Gasteiger partial charge < -0.3 is 9.47 Å². The van der Waals surface area contributed by atoms with E-state index in [1.165, 1.54) is 18.1 Å². The molecule has 0 radical (unpaired) electrons. The average molecular weight is 488 g/mol. The van der Waals surface area contributed by atoms with Crippen molar-refractivity contribution in [3.63, 3.8) is 0 Å². The van der Waals surface area contributed by atoms with Crippen LogP contribution in [0, 0.1) is 0 Å². The molecule has 0 spiro atoms. The molecule has 0 atom stereocenters. The van der Waals surface area contributed by atoms with Crippen LogP contribution in [0.4, 0.5) is 0 Å². The Bertz CT molecular complexity index is 1390. The molecule has 1 aliphatic rings. The Hall–Kier alpha value is -4.25. The van der Waals surface area contributed by atoms with Gasteiger partial charge in [-0.25, -0.2) is 14.5 Å². The number of aromatic nitrogens is 6. The summed E-state index contributed by atoms with van der Waals surface area (Å²) in [7, 11) is 1.62. The number of rotatable bonds is 7. The summed E-state index contributed by atoms with van der Waals surface area (Å²) in [6.07, 6.45) is 4.88. The molecule has 11 heteroatoms. The van der Waals surface area contributed by atoms with Crippen LogP contribution in [0.15, 0.2) is 77.0 Å². The summed E-state index contributed by atoms with van der Waals surface area (Å²) in [5.74, 6) is 1.35. The van der Waals surface area contributed by atoms with Gasteiger partial charge in [-0.1, -0.05) is 23.9 Å². The van der Waals surface area contributed by atoms with Crippen molar-refractivity contribution in [2.24, 2.45) is 5.10 Å². The van der Waals surface area contributed by atoms with Crippen molar-refractivity contribution in [3.8, 4) is 22.8 Å². The molecule has 10 nitrogen and oxygen atoms in total. The second-order valence-electron chi connectivity index (χ2n) is 7.39. The van der Waals surface area contributed by atoms with Crippen LogP contribution in [0.2, 0.25) is 0 Å². The Kier molecular flexibility index (Phi) is 6.40. The topological polar surface area (TPSA) is 109 Å². The summed E-state index contributed by atoms with van der Waals surface area (Å²) in [6, 6.07) is 15.1. The zero-order valence-electron chi connectivity index (χ0n) is 19.0. The Balaban J connectivity index is 1.51. The molecule has 2 aromatic heterocycles. The van der Waals surface area contributed by atoms with Gasteiger partial charge in [0.25, 0.3) is 0 Å². The van der Waals surface area contributed by atoms with Crippen molar-refractivity contribution in [2.45, 2.75) is 12.1 Å². The lowest BCUT2D eigenvalue weighted by Crippen LogP contribution is -2.21. The molecule has 176 valence electrons. The van der Waals surface area contributed by atoms with E-state index >= 15 is 0 Å². The summed E-state index contributed by atoms with van der Waals surface area (Å²) < 4.78 is 13.9. The van der Waals surface area contributed by atoms with E-state index < -0.39 is 5.97 Å². The molecular weight excluding hydrogens is 466 g/mol. The Morgan fingerprint density at radius 3 is 2.60 bits per heavy atom. The third-order valence-corrected chi connectivity index (χ3v) is 6.14. The summed E-state index contributed by atoms with van der Waals surface area (Å²) in [6.45, 7) is 2.04. The summed E-state index contributed by atoms with van der Waals surface area (Å²) in [4.78, 5) is 16.9. The molecule has 0 amide bonds. The second-order valence-corrected chi connectivity index (χ2v) is 8.33. The lowest BCUT2D eigenvalue weighted by Gasteiger charge is -2.16. The number of carbonyl (C=O) groups is 1. The number of nitrogens with zero attached hydrogens (tertiary/aromatic N) is 7. The SMILES string of the molecule is CCOC(=O)/C(=C\c1ccc(-n2cncn2)cc1)C1=Nn2c(nnc2-c2ccc(OC)cc2)SC1. The Morgan fingerprint density at radius 1 is 1.11 bits per heavy atom. The zero-order chi connectivity index (χ0) is 24.2. The maximum Gasteiger partial charge on any atom is 0.340 e. The summed E-state index contributed by atoms with van der Waals surface area (Å²) in [5.41, 5.74) is 3.49. The second kappa shape index (κ2) is 9.94. The van der Waals surface area contributed by atoms with Crippen molar-refractivity contribution in [2.75, 3.05) is 19.5 Å². The van der Waals surface area contributed by atoms with E-state index in [9.17, 15) is 4.79 Å². The van der Waals surface area contributed by atoms with Crippen molar-refractivity contribution in [3.05, 3.63) is 72.3 Å². The zero-order valence-corrected chi connectivity index (χ0v) is 19.8. The number of thioether (sulfide) groups is 1. The van der Waals surface area contributed by atoms with Crippen molar-refractivity contribution >= 4 is 29.5 Å². The number of esters is 1. The molecule has 4 aromatic rings. The number of hydrogen-bond donors (Lipinski definition) is 0. The number of fused-ring (bicyclic) bond motifs is 1. The highest BCUT2D eigenvalue weighted by Crippen LogP contribution is 2.30. The van der Waals surface area contributed by atoms with Gasteiger partial charge in [0.15, 0.2) is 5.82 Å². The molecule has 35 heavy (non-hydrogen) atoms.